The lowest BCUT2D eigenvalue weighted by Crippen LogP contribution is -2.43. The molecule has 0 radical (unpaired) electrons. The van der Waals surface area contributed by atoms with Crippen LogP contribution in [0.4, 0.5) is 0 Å². The highest BCUT2D eigenvalue weighted by Gasteiger charge is 2.31. The Morgan fingerprint density at radius 2 is 2.43 bits per heavy atom. The Hall–Kier alpha value is 0.270. The zero-order valence-electron chi connectivity index (χ0n) is 9.38. The molecule has 0 aliphatic carbocycles. The van der Waals surface area contributed by atoms with Crippen molar-refractivity contribution in [3.8, 4) is 0 Å². The van der Waals surface area contributed by atoms with Crippen LogP contribution in [0.3, 0.4) is 0 Å². The first-order valence-corrected chi connectivity index (χ1v) is 6.78. The van der Waals surface area contributed by atoms with Gasteiger partial charge in [-0.2, -0.15) is 11.8 Å². The number of thioether (sulfide) groups is 1. The number of nitrogens with one attached hydrogen (secondary N) is 1. The largest absolute Gasteiger partial charge is 0.316 e. The van der Waals surface area contributed by atoms with E-state index in [0.717, 1.165) is 5.25 Å². The standard InChI is InChI=1S/C11H22N2S/c1-10-7-13(5-6-14-10)9-11(2)3-4-12-8-11/h10,12H,3-9H2,1-2H3/t10-,11?/m1/s1. The topological polar surface area (TPSA) is 15.3 Å². The van der Waals surface area contributed by atoms with Crippen LogP contribution in [0.25, 0.3) is 0 Å². The maximum atomic E-state index is 3.48. The molecule has 2 atom stereocenters. The van der Waals surface area contributed by atoms with Gasteiger partial charge < -0.3 is 10.2 Å². The first-order chi connectivity index (χ1) is 6.68. The van der Waals surface area contributed by atoms with Crippen molar-refractivity contribution in [3.63, 3.8) is 0 Å². The minimum atomic E-state index is 0.543. The second-order valence-corrected chi connectivity index (χ2v) is 6.70. The Kier molecular flexibility index (Phi) is 3.40. The van der Waals surface area contributed by atoms with Gasteiger partial charge in [0.1, 0.15) is 0 Å². The summed E-state index contributed by atoms with van der Waals surface area (Å²) in [6.07, 6.45) is 1.35. The van der Waals surface area contributed by atoms with Crippen LogP contribution in [0.15, 0.2) is 0 Å². The Bertz CT molecular complexity index is 190. The SMILES string of the molecule is C[C@@H]1CN(CC2(C)CCNC2)CCS1. The van der Waals surface area contributed by atoms with Gasteiger partial charge in [-0.3, -0.25) is 0 Å². The van der Waals surface area contributed by atoms with Crippen LogP contribution in [0.2, 0.25) is 0 Å². The molecule has 14 heavy (non-hydrogen) atoms. The van der Waals surface area contributed by atoms with Gasteiger partial charge >= 0.3 is 0 Å². The molecule has 0 saturated carbocycles. The van der Waals surface area contributed by atoms with Gasteiger partial charge in [0.2, 0.25) is 0 Å². The van der Waals surface area contributed by atoms with Crippen LogP contribution in [-0.4, -0.2) is 48.6 Å². The Balaban J connectivity index is 1.83. The Morgan fingerprint density at radius 3 is 3.07 bits per heavy atom. The molecule has 82 valence electrons. The first kappa shape index (κ1) is 10.8. The molecule has 3 heteroatoms. The van der Waals surface area contributed by atoms with E-state index in [1.54, 1.807) is 0 Å². The predicted octanol–water partition coefficient (Wildman–Crippen LogP) is 1.42. The summed E-state index contributed by atoms with van der Waals surface area (Å²) in [5.74, 6) is 1.32. The average Bonchev–Trinajstić information content (AvgIpc) is 2.51. The maximum absolute atomic E-state index is 3.48. The molecule has 2 rings (SSSR count). The molecule has 2 fully saturated rings. The summed E-state index contributed by atoms with van der Waals surface area (Å²) in [6.45, 7) is 11.1. The van der Waals surface area contributed by atoms with Gasteiger partial charge in [-0.25, -0.2) is 0 Å². The van der Waals surface area contributed by atoms with Crippen molar-refractivity contribution in [2.45, 2.75) is 25.5 Å². The Labute approximate surface area is 91.8 Å². The zero-order chi connectivity index (χ0) is 10.0. The normalized spacial score (nSPS) is 40.3. The summed E-state index contributed by atoms with van der Waals surface area (Å²) >= 11 is 2.12. The second kappa shape index (κ2) is 4.42. The molecule has 2 heterocycles. The molecule has 0 bridgehead atoms. The minimum Gasteiger partial charge on any atom is -0.316 e. The van der Waals surface area contributed by atoms with Crippen molar-refractivity contribution in [2.24, 2.45) is 5.41 Å². The Morgan fingerprint density at radius 1 is 1.57 bits per heavy atom. The number of hydrogen-bond donors (Lipinski definition) is 1. The lowest BCUT2D eigenvalue weighted by molar-refractivity contribution is 0.184. The van der Waals surface area contributed by atoms with E-state index in [9.17, 15) is 0 Å². The number of nitrogens with zero attached hydrogens (tertiary/aromatic N) is 1. The van der Waals surface area contributed by atoms with Crippen molar-refractivity contribution < 1.29 is 0 Å². The third-order valence-electron chi connectivity index (χ3n) is 3.39. The van der Waals surface area contributed by atoms with E-state index >= 15 is 0 Å². The van der Waals surface area contributed by atoms with Crippen LogP contribution >= 0.6 is 11.8 Å². The van der Waals surface area contributed by atoms with Crippen LogP contribution < -0.4 is 5.32 Å². The molecule has 2 aliphatic heterocycles. The highest BCUT2D eigenvalue weighted by molar-refractivity contribution is 7.99. The third kappa shape index (κ3) is 2.65. The number of rotatable bonds is 2. The zero-order valence-corrected chi connectivity index (χ0v) is 10.2. The van der Waals surface area contributed by atoms with Gasteiger partial charge in [-0.1, -0.05) is 13.8 Å². The fourth-order valence-electron chi connectivity index (χ4n) is 2.58. The molecular formula is C11H22N2S. The van der Waals surface area contributed by atoms with Crippen molar-refractivity contribution in [1.29, 1.82) is 0 Å². The fourth-order valence-corrected chi connectivity index (χ4v) is 3.66. The molecule has 0 amide bonds. The van der Waals surface area contributed by atoms with E-state index in [2.05, 4.69) is 35.8 Å². The summed E-state index contributed by atoms with van der Waals surface area (Å²) < 4.78 is 0. The van der Waals surface area contributed by atoms with Gasteiger partial charge in [0.15, 0.2) is 0 Å². The lowest BCUT2D eigenvalue weighted by atomic mass is 9.89. The van der Waals surface area contributed by atoms with Crippen molar-refractivity contribution in [1.82, 2.24) is 10.2 Å². The number of hydrogen-bond acceptors (Lipinski definition) is 3. The van der Waals surface area contributed by atoms with Crippen LogP contribution in [-0.2, 0) is 0 Å². The van der Waals surface area contributed by atoms with Gasteiger partial charge in [0.05, 0.1) is 0 Å². The van der Waals surface area contributed by atoms with E-state index in [-0.39, 0.29) is 0 Å². The summed E-state index contributed by atoms with van der Waals surface area (Å²) in [5.41, 5.74) is 0.543. The second-order valence-electron chi connectivity index (χ2n) is 5.15. The molecule has 2 aliphatic rings. The molecule has 0 aromatic carbocycles. The van der Waals surface area contributed by atoms with Gasteiger partial charge in [0, 0.05) is 37.2 Å². The molecule has 0 aromatic rings. The molecule has 0 aromatic heterocycles. The van der Waals surface area contributed by atoms with Crippen molar-refractivity contribution >= 4 is 11.8 Å². The van der Waals surface area contributed by atoms with E-state index < -0.39 is 0 Å². The van der Waals surface area contributed by atoms with Gasteiger partial charge in [-0.05, 0) is 18.4 Å². The minimum absolute atomic E-state index is 0.543. The fraction of sp³-hybridized carbons (Fsp3) is 1.00. The van der Waals surface area contributed by atoms with Crippen molar-refractivity contribution in [3.05, 3.63) is 0 Å². The highest BCUT2D eigenvalue weighted by atomic mass is 32.2. The molecule has 0 spiro atoms. The van der Waals surface area contributed by atoms with Gasteiger partial charge in [0.25, 0.3) is 0 Å². The lowest BCUT2D eigenvalue weighted by Gasteiger charge is -2.36. The van der Waals surface area contributed by atoms with E-state index in [1.165, 1.54) is 44.9 Å². The smallest absolute Gasteiger partial charge is 0.0147 e. The summed E-state index contributed by atoms with van der Waals surface area (Å²) in [5, 5.41) is 4.32. The molecular weight excluding hydrogens is 192 g/mol. The maximum Gasteiger partial charge on any atom is 0.0147 e. The quantitative estimate of drug-likeness (QED) is 0.748. The molecule has 2 saturated heterocycles. The third-order valence-corrected chi connectivity index (χ3v) is 4.52. The van der Waals surface area contributed by atoms with Crippen LogP contribution in [0.5, 0.6) is 0 Å². The van der Waals surface area contributed by atoms with E-state index in [4.69, 9.17) is 0 Å². The van der Waals surface area contributed by atoms with Crippen LogP contribution in [0, 0.1) is 5.41 Å². The monoisotopic (exact) mass is 214 g/mol. The summed E-state index contributed by atoms with van der Waals surface area (Å²) in [4.78, 5) is 2.66. The summed E-state index contributed by atoms with van der Waals surface area (Å²) in [6, 6.07) is 0. The average molecular weight is 214 g/mol. The summed E-state index contributed by atoms with van der Waals surface area (Å²) in [7, 11) is 0. The van der Waals surface area contributed by atoms with Gasteiger partial charge in [-0.15, -0.1) is 0 Å². The molecule has 2 nitrogen and oxygen atoms in total. The van der Waals surface area contributed by atoms with E-state index in [1.807, 2.05) is 0 Å². The molecule has 1 N–H and O–H groups in total. The highest BCUT2D eigenvalue weighted by Crippen LogP contribution is 2.28. The van der Waals surface area contributed by atoms with Crippen LogP contribution in [0.1, 0.15) is 20.3 Å². The van der Waals surface area contributed by atoms with Crippen molar-refractivity contribution in [2.75, 3.05) is 38.5 Å². The molecule has 1 unspecified atom stereocenters. The predicted molar refractivity (Wildman–Crippen MR) is 64.0 cm³/mol. The van der Waals surface area contributed by atoms with E-state index in [0.29, 0.717) is 5.41 Å². The first-order valence-electron chi connectivity index (χ1n) is 5.73.